The Balaban J connectivity index is 1.79. The van der Waals surface area contributed by atoms with E-state index in [2.05, 4.69) is 32.9 Å². The zero-order chi connectivity index (χ0) is 12.5. The summed E-state index contributed by atoms with van der Waals surface area (Å²) in [6, 6.07) is 0.526. The summed E-state index contributed by atoms with van der Waals surface area (Å²) in [5.41, 5.74) is 1.26. The normalized spacial score (nSPS) is 24.7. The molecule has 100 valence electrons. The fourth-order valence-electron chi connectivity index (χ4n) is 3.26. The van der Waals surface area contributed by atoms with Crippen LogP contribution in [-0.2, 0) is 6.42 Å². The highest BCUT2D eigenvalue weighted by Crippen LogP contribution is 2.35. The molecule has 1 saturated carbocycles. The van der Waals surface area contributed by atoms with Crippen LogP contribution in [0.15, 0.2) is 4.47 Å². The molecule has 1 aromatic heterocycles. The van der Waals surface area contributed by atoms with Gasteiger partial charge in [0.25, 0.3) is 0 Å². The summed E-state index contributed by atoms with van der Waals surface area (Å²) in [7, 11) is 0. The van der Waals surface area contributed by atoms with E-state index < -0.39 is 0 Å². The van der Waals surface area contributed by atoms with Gasteiger partial charge in [-0.1, -0.05) is 32.1 Å². The van der Waals surface area contributed by atoms with Gasteiger partial charge in [0.1, 0.15) is 5.82 Å². The average molecular weight is 312 g/mol. The maximum absolute atomic E-state index is 4.83. The molecule has 0 radical (unpaired) electrons. The van der Waals surface area contributed by atoms with E-state index in [-0.39, 0.29) is 0 Å². The smallest absolute Gasteiger partial charge is 0.139 e. The molecule has 1 aromatic rings. The van der Waals surface area contributed by atoms with Crippen LogP contribution in [0.3, 0.4) is 0 Å². The van der Waals surface area contributed by atoms with E-state index in [1.54, 1.807) is 0 Å². The van der Waals surface area contributed by atoms with E-state index in [1.165, 1.54) is 54.5 Å². The molecule has 1 N–H and O–H groups in total. The lowest BCUT2D eigenvalue weighted by atomic mass is 9.86. The summed E-state index contributed by atoms with van der Waals surface area (Å²) in [5.74, 6) is 2.04. The first-order valence-electron chi connectivity index (χ1n) is 7.26. The highest BCUT2D eigenvalue weighted by atomic mass is 79.9. The average Bonchev–Trinajstić information content (AvgIpc) is 2.70. The van der Waals surface area contributed by atoms with Gasteiger partial charge in [-0.25, -0.2) is 4.68 Å². The quantitative estimate of drug-likeness (QED) is 0.889. The molecule has 2 heterocycles. The third kappa shape index (κ3) is 2.31. The summed E-state index contributed by atoms with van der Waals surface area (Å²) >= 11 is 3.75. The molecule has 0 saturated heterocycles. The number of fused-ring (bicyclic) bond motifs is 1. The molecular weight excluding hydrogens is 290 g/mol. The number of nitrogens with zero attached hydrogens (tertiary/aromatic N) is 2. The van der Waals surface area contributed by atoms with Crippen molar-refractivity contribution in [1.29, 1.82) is 0 Å². The van der Waals surface area contributed by atoms with Crippen LogP contribution in [0.4, 0.5) is 5.82 Å². The molecule has 1 fully saturated rings. The van der Waals surface area contributed by atoms with Crippen molar-refractivity contribution in [3.05, 3.63) is 10.2 Å². The lowest BCUT2D eigenvalue weighted by Crippen LogP contribution is -2.21. The van der Waals surface area contributed by atoms with E-state index in [1.807, 2.05) is 0 Å². The number of nitrogens with one attached hydrogen (secondary N) is 1. The predicted octanol–water partition coefficient (Wildman–Crippen LogP) is 4.15. The molecule has 0 aromatic carbocycles. The summed E-state index contributed by atoms with van der Waals surface area (Å²) in [6.07, 6.45) is 9.33. The molecule has 1 atom stereocenters. The highest BCUT2D eigenvalue weighted by molar-refractivity contribution is 9.10. The maximum Gasteiger partial charge on any atom is 0.139 e. The van der Waals surface area contributed by atoms with Gasteiger partial charge in [0.15, 0.2) is 0 Å². The van der Waals surface area contributed by atoms with Crippen molar-refractivity contribution >= 4 is 21.7 Å². The van der Waals surface area contributed by atoms with Crippen LogP contribution < -0.4 is 5.32 Å². The van der Waals surface area contributed by atoms with Gasteiger partial charge < -0.3 is 5.32 Å². The molecule has 0 spiro atoms. The van der Waals surface area contributed by atoms with E-state index in [9.17, 15) is 0 Å². The largest absolute Gasteiger partial charge is 0.369 e. The Labute approximate surface area is 117 Å². The second-order valence-electron chi connectivity index (χ2n) is 5.83. The minimum Gasteiger partial charge on any atom is -0.369 e. The second-order valence-corrected chi connectivity index (χ2v) is 6.62. The fourth-order valence-corrected chi connectivity index (χ4v) is 3.82. The molecule has 4 heteroatoms. The molecule has 0 amide bonds. The van der Waals surface area contributed by atoms with Crippen molar-refractivity contribution < 1.29 is 0 Å². The van der Waals surface area contributed by atoms with Gasteiger partial charge in [-0.15, -0.1) is 0 Å². The molecular formula is C14H22BrN3. The van der Waals surface area contributed by atoms with Gasteiger partial charge in [-0.2, -0.15) is 5.10 Å². The number of anilines is 1. The standard InChI is InChI=1S/C14H22BrN3/c1-10-7-8-16-14-13(15)12(17-18(10)14)9-11-5-3-2-4-6-11/h10-11,16H,2-9H2,1H3. The van der Waals surface area contributed by atoms with Crippen molar-refractivity contribution in [2.45, 2.75) is 57.9 Å². The zero-order valence-corrected chi connectivity index (χ0v) is 12.7. The predicted molar refractivity (Wildman–Crippen MR) is 78.0 cm³/mol. The summed E-state index contributed by atoms with van der Waals surface area (Å²) in [6.45, 7) is 3.32. The molecule has 18 heavy (non-hydrogen) atoms. The van der Waals surface area contributed by atoms with Crippen molar-refractivity contribution in [2.75, 3.05) is 11.9 Å². The van der Waals surface area contributed by atoms with Crippen LogP contribution in [0, 0.1) is 5.92 Å². The van der Waals surface area contributed by atoms with Crippen molar-refractivity contribution in [2.24, 2.45) is 5.92 Å². The fraction of sp³-hybridized carbons (Fsp3) is 0.786. The van der Waals surface area contributed by atoms with Gasteiger partial charge in [0.05, 0.1) is 16.2 Å². The lowest BCUT2D eigenvalue weighted by Gasteiger charge is -2.22. The van der Waals surface area contributed by atoms with Gasteiger partial charge in [-0.05, 0) is 41.6 Å². The molecule has 0 bridgehead atoms. The molecule has 1 aliphatic carbocycles. The molecule has 1 unspecified atom stereocenters. The minimum atomic E-state index is 0.526. The maximum atomic E-state index is 4.83. The van der Waals surface area contributed by atoms with E-state index in [0.29, 0.717) is 6.04 Å². The van der Waals surface area contributed by atoms with Crippen molar-refractivity contribution in [3.63, 3.8) is 0 Å². The van der Waals surface area contributed by atoms with E-state index in [0.717, 1.165) is 18.9 Å². The Hall–Kier alpha value is -0.510. The Morgan fingerprint density at radius 3 is 2.78 bits per heavy atom. The summed E-state index contributed by atoms with van der Waals surface area (Å²) in [4.78, 5) is 0. The third-order valence-corrected chi connectivity index (χ3v) is 5.23. The summed E-state index contributed by atoms with van der Waals surface area (Å²) < 4.78 is 3.38. The number of aromatic nitrogens is 2. The Bertz CT molecular complexity index is 421. The Morgan fingerprint density at radius 1 is 1.28 bits per heavy atom. The van der Waals surface area contributed by atoms with E-state index in [4.69, 9.17) is 5.10 Å². The Morgan fingerprint density at radius 2 is 2.06 bits per heavy atom. The van der Waals surface area contributed by atoms with Crippen LogP contribution in [0.2, 0.25) is 0 Å². The highest BCUT2D eigenvalue weighted by Gasteiger charge is 2.24. The number of hydrogen-bond acceptors (Lipinski definition) is 2. The van der Waals surface area contributed by atoms with Crippen molar-refractivity contribution in [1.82, 2.24) is 9.78 Å². The number of halogens is 1. The van der Waals surface area contributed by atoms with E-state index >= 15 is 0 Å². The van der Waals surface area contributed by atoms with Crippen LogP contribution in [0.5, 0.6) is 0 Å². The first kappa shape index (κ1) is 12.5. The first-order chi connectivity index (χ1) is 8.75. The van der Waals surface area contributed by atoms with Gasteiger partial charge >= 0.3 is 0 Å². The summed E-state index contributed by atoms with van der Waals surface area (Å²) in [5, 5.41) is 8.31. The van der Waals surface area contributed by atoms with Gasteiger partial charge in [-0.3, -0.25) is 0 Å². The molecule has 2 aliphatic rings. The SMILES string of the molecule is CC1CCNc2c(Br)c(CC3CCCCC3)nn21. The van der Waals surface area contributed by atoms with Crippen LogP contribution in [0.1, 0.15) is 57.2 Å². The first-order valence-corrected chi connectivity index (χ1v) is 8.05. The second kappa shape index (κ2) is 5.24. The van der Waals surface area contributed by atoms with Crippen LogP contribution in [0.25, 0.3) is 0 Å². The number of rotatable bonds is 2. The molecule has 3 rings (SSSR count). The van der Waals surface area contributed by atoms with Gasteiger partial charge in [0.2, 0.25) is 0 Å². The minimum absolute atomic E-state index is 0.526. The molecule has 1 aliphatic heterocycles. The van der Waals surface area contributed by atoms with Crippen LogP contribution in [-0.4, -0.2) is 16.3 Å². The number of hydrogen-bond donors (Lipinski definition) is 1. The van der Waals surface area contributed by atoms with Crippen molar-refractivity contribution in [3.8, 4) is 0 Å². The lowest BCUT2D eigenvalue weighted by molar-refractivity contribution is 0.351. The monoisotopic (exact) mass is 311 g/mol. The van der Waals surface area contributed by atoms with Gasteiger partial charge in [0, 0.05) is 6.54 Å². The topological polar surface area (TPSA) is 29.9 Å². The zero-order valence-electron chi connectivity index (χ0n) is 11.1. The Kier molecular flexibility index (Phi) is 3.64. The van der Waals surface area contributed by atoms with Crippen LogP contribution >= 0.6 is 15.9 Å². The third-order valence-electron chi connectivity index (χ3n) is 4.40. The molecule has 3 nitrogen and oxygen atoms in total.